The smallest absolute Gasteiger partial charge is 0.453 e. The van der Waals surface area contributed by atoms with Gasteiger partial charge in [-0.1, -0.05) is 188 Å². The molecule has 3 N–H and O–H groups in total. The second kappa shape index (κ2) is 72.5. The molecule has 0 fully saturated rings. The minimum atomic E-state index is -1.00. The van der Waals surface area contributed by atoms with Crippen LogP contribution in [0.1, 0.15) is 167 Å². The summed E-state index contributed by atoms with van der Waals surface area (Å²) in [7, 11) is -1.00. The Kier molecular flexibility index (Phi) is 71.5. The quantitative estimate of drug-likeness (QED) is 0.00497. The van der Waals surface area contributed by atoms with Gasteiger partial charge in [-0.25, -0.2) is 38.7 Å². The van der Waals surface area contributed by atoms with E-state index in [0.29, 0.717) is 52.1 Å². The van der Waals surface area contributed by atoms with E-state index in [1.165, 1.54) is 51.8 Å². The molecule has 0 aromatic heterocycles. The van der Waals surface area contributed by atoms with Crippen molar-refractivity contribution in [2.45, 2.75) is 179 Å². The summed E-state index contributed by atoms with van der Waals surface area (Å²) in [6, 6.07) is 23.6. The Morgan fingerprint density at radius 1 is 0.513 bits per heavy atom. The number of amides is 6. The number of carbonyl (C=O) groups excluding carboxylic acids is 8. The summed E-state index contributed by atoms with van der Waals surface area (Å²) >= 11 is 17.5. The molecule has 29 nitrogen and oxygen atoms in total. The van der Waals surface area contributed by atoms with Crippen molar-refractivity contribution in [3.63, 3.8) is 0 Å². The van der Waals surface area contributed by atoms with Crippen molar-refractivity contribution in [1.82, 2.24) is 19.6 Å². The Labute approximate surface area is 773 Å². The molecule has 0 saturated carbocycles. The Hall–Kier alpha value is -5.91. The third-order valence-corrected chi connectivity index (χ3v) is 19.2. The molecule has 1 atom stereocenters. The average molecular weight is 1980 g/mol. The van der Waals surface area contributed by atoms with Crippen LogP contribution in [0.5, 0.6) is 0 Å². The van der Waals surface area contributed by atoms with Crippen molar-refractivity contribution in [3.05, 3.63) is 144 Å². The zero-order valence-electron chi connectivity index (χ0n) is 70.3. The van der Waals surface area contributed by atoms with Crippen LogP contribution in [0.15, 0.2) is 77.9 Å². The third kappa shape index (κ3) is 43.8. The molecule has 0 radical (unpaired) electrons. The molecule has 4 aromatic rings. The SMILES string of the molecule is C.C.CCCN(CCC)CCc1cccc2c1CC(=O)N2.CCCN(CCC)CCc1cccc2c1CC(=O)N2C(=O)OCCBr.CCCN(CCC)CCc1cccc2c1CC(=O)N2C(=O)OCCN=[N+]=[N-].CCCN(CCC)CCc1cccc2c1CC(OC(=O)OCCBr)N2C(=O)OCCBr.Cl.O.O=C(Cl)OCCBr.[2H]CF.[N-]=[N+]=[N-].[Na+]. The van der Waals surface area contributed by atoms with Crippen molar-refractivity contribution in [2.75, 3.05) is 167 Å². The van der Waals surface area contributed by atoms with Gasteiger partial charge in [-0.15, -0.1) is 12.4 Å². The van der Waals surface area contributed by atoms with Crippen molar-refractivity contribution in [3.8, 4) is 0 Å². The molecule has 6 amide bonds. The maximum absolute atomic E-state index is 12.8. The number of hydrogen-bond acceptors (Lipinski definition) is 19. The zero-order chi connectivity index (χ0) is 85.3. The Morgan fingerprint density at radius 2 is 0.840 bits per heavy atom. The van der Waals surface area contributed by atoms with Crippen LogP contribution >= 0.6 is 87.7 Å². The number of rotatable bonds is 40. The van der Waals surface area contributed by atoms with Crippen LogP contribution in [-0.4, -0.2) is 225 Å². The van der Waals surface area contributed by atoms with E-state index in [9.17, 15) is 42.7 Å². The van der Waals surface area contributed by atoms with Crippen LogP contribution in [0.25, 0.3) is 26.4 Å². The standard InChI is InChI=1S/C22H32Br2N2O5.C19H27BrN2O3.C19H27N5O3.C16H24N2O.C3H4BrClO2.CH3F.2CH4.ClH.N3.Na.H2O/c1-3-11-25(12-4-2)13-8-17-6-5-7-19-18(17)16-20(31-22(28)30-15-10-24)26(19)21(27)29-14-9-23;1-3-10-21(11-4-2)12-8-15-6-5-7-17-16(15)14-18(23)22(17)19(24)25-13-9-20;1-3-10-23(11-4-2)12-8-15-6-5-7-17-16(15)14-18(25)24(17)19(26)27-13-9-21-22-20;1-3-9-18(10-4-2)11-8-13-6-5-7-15-14(13)12-16(19)17-15;4-1-2-7-3(5)6;1-2;;;;1-3-2;;/h5-7,20H,3-4,8-16H2,1-2H3;5-7H,3-4,8-14H2,1-2H3;5-7H,3-4,8-14H2,1-2H3;5-7H,3-4,8-12H2,1-2H3,(H,17,19);1-2H2;1H3;2*1H4;1H;;;1H2/q;;;;;;;;;-1;+1;/i;;;;;1D;;;;;;. The van der Waals surface area contributed by atoms with Gasteiger partial charge in [0.25, 0.3) is 0 Å². The van der Waals surface area contributed by atoms with E-state index in [1.54, 1.807) is 6.07 Å². The summed E-state index contributed by atoms with van der Waals surface area (Å²) in [6.45, 7) is 31.3. The number of nitrogens with zero attached hydrogens (tertiary/aromatic N) is 13. The van der Waals surface area contributed by atoms with Gasteiger partial charge >= 0.3 is 59.4 Å². The topological polar surface area (TPSA) is 366 Å². The summed E-state index contributed by atoms with van der Waals surface area (Å²) in [5.74, 6) is -0.368. The summed E-state index contributed by atoms with van der Waals surface area (Å²) < 4.78 is 45.8. The molecule has 4 aliphatic rings. The van der Waals surface area contributed by atoms with Crippen LogP contribution in [-0.2, 0) is 94.2 Å². The van der Waals surface area contributed by atoms with E-state index in [4.69, 9.17) is 53.2 Å². The molecule has 4 aliphatic heterocycles. The molecule has 119 heavy (non-hydrogen) atoms. The minimum Gasteiger partial charge on any atom is -0.453 e. The first-order valence-corrected chi connectivity index (χ1v) is 43.8. The molecule has 0 spiro atoms. The molecule has 4 aromatic carbocycles. The molecule has 1 unspecified atom stereocenters. The van der Waals surface area contributed by atoms with Gasteiger partial charge in [0, 0.05) is 76.1 Å². The number of benzene rings is 4. The molecule has 0 bridgehead atoms. The van der Waals surface area contributed by atoms with E-state index < -0.39 is 43.2 Å². The first-order valence-electron chi connectivity index (χ1n) is 39.7. The van der Waals surface area contributed by atoms with Gasteiger partial charge in [-0.05, 0) is 204 Å². The first kappa shape index (κ1) is 117. The number of ether oxygens (including phenoxy) is 6. The number of carbonyl (C=O) groups is 8. The Bertz CT molecular complexity index is 3670. The van der Waals surface area contributed by atoms with Crippen LogP contribution in [0, 0.1) is 0 Å². The Morgan fingerprint density at radius 3 is 1.19 bits per heavy atom. The van der Waals surface area contributed by atoms with Gasteiger partial charge in [0.15, 0.2) is 6.23 Å². The van der Waals surface area contributed by atoms with Crippen LogP contribution in [0.3, 0.4) is 0 Å². The fraction of sp³-hybridized carbons (Fsp3) is 0.610. The van der Waals surface area contributed by atoms with Gasteiger partial charge in [-0.2, -0.15) is 0 Å². The van der Waals surface area contributed by atoms with Gasteiger partial charge in [0.1, 0.15) is 26.4 Å². The summed E-state index contributed by atoms with van der Waals surface area (Å²) in [4.78, 5) is 113. The van der Waals surface area contributed by atoms with Gasteiger partial charge in [-0.3, -0.25) is 23.7 Å². The largest absolute Gasteiger partial charge is 1.00 e. The molecule has 8 rings (SSSR count). The van der Waals surface area contributed by atoms with E-state index >= 15 is 0 Å². The third-order valence-electron chi connectivity index (χ3n) is 17.8. The van der Waals surface area contributed by atoms with E-state index in [0.717, 1.165) is 179 Å². The Balaban J connectivity index is -0.000000707. The monoisotopic (exact) mass is 1980 g/mol. The van der Waals surface area contributed by atoms with Gasteiger partial charge in [0.05, 0.1) is 58.0 Å². The van der Waals surface area contributed by atoms with Crippen LogP contribution in [0.2, 0.25) is 0 Å². The molecular weight excluding hydrogens is 1850 g/mol. The van der Waals surface area contributed by atoms with Crippen LogP contribution < -0.4 is 49.6 Å². The molecular formula is C82H128Br4Cl2FN14NaO15. The number of hydrogen-bond donors (Lipinski definition) is 1. The van der Waals surface area contributed by atoms with Crippen molar-refractivity contribution < 1.29 is 108 Å². The fourth-order valence-electron chi connectivity index (χ4n) is 13.3. The van der Waals surface area contributed by atoms with E-state index in [-0.39, 0.29) is 126 Å². The number of fused-ring (bicyclic) bond motifs is 4. The van der Waals surface area contributed by atoms with Crippen molar-refractivity contribution in [1.29, 1.82) is 0 Å². The van der Waals surface area contributed by atoms with Crippen LogP contribution in [0.4, 0.5) is 51.1 Å². The zero-order valence-corrected chi connectivity index (χ0v) is 79.2. The fourth-order valence-corrected chi connectivity index (χ4v) is 14.0. The average Bonchev–Trinajstić information content (AvgIpc) is 1.66. The minimum absolute atomic E-state index is 0. The first-order chi connectivity index (χ1) is 55.6. The number of anilines is 4. The van der Waals surface area contributed by atoms with E-state index in [2.05, 4.69) is 177 Å². The number of halogens is 7. The predicted molar refractivity (Wildman–Crippen MR) is 488 cm³/mol. The number of alkyl halides is 5. The molecule has 0 aliphatic carbocycles. The molecule has 0 saturated heterocycles. The van der Waals surface area contributed by atoms with Gasteiger partial charge < -0.3 is 69.9 Å². The number of azide groups is 1. The van der Waals surface area contributed by atoms with Gasteiger partial charge in [0.2, 0.25) is 17.7 Å². The summed E-state index contributed by atoms with van der Waals surface area (Å²) in [5, 5.41) is 8.47. The van der Waals surface area contributed by atoms with Crippen molar-refractivity contribution >= 4 is 158 Å². The molecule has 666 valence electrons. The maximum atomic E-state index is 12.8. The van der Waals surface area contributed by atoms with Crippen molar-refractivity contribution in [2.24, 2.45) is 5.11 Å². The number of nitrogens with one attached hydrogen (secondary N) is 1. The second-order valence-electron chi connectivity index (χ2n) is 26.1. The predicted octanol–water partition coefficient (Wildman–Crippen LogP) is 16.5. The normalized spacial score (nSPS) is 12.6. The maximum Gasteiger partial charge on any atom is 1.00 e. The summed E-state index contributed by atoms with van der Waals surface area (Å²) in [5.41, 5.74) is 32.9. The van der Waals surface area contributed by atoms with E-state index in [1.807, 2.05) is 48.5 Å². The molecule has 4 heterocycles. The summed E-state index contributed by atoms with van der Waals surface area (Å²) in [6.07, 6.45) is 10.8. The number of imide groups is 2. The second-order valence-corrected chi connectivity index (χ2v) is 29.5. The molecule has 37 heteroatoms.